The number of halogens is 1. The molecule has 2 atom stereocenters. The number of rotatable bonds is 7. The molecule has 2 aromatic rings. The van der Waals surface area contributed by atoms with E-state index in [-0.39, 0.29) is 5.38 Å². The highest BCUT2D eigenvalue weighted by atomic mass is 35.5. The number of imidazole rings is 1. The van der Waals surface area contributed by atoms with Gasteiger partial charge in [0.2, 0.25) is 0 Å². The second-order valence-electron chi connectivity index (χ2n) is 6.04. The third-order valence-electron chi connectivity index (χ3n) is 4.13. The van der Waals surface area contributed by atoms with Crippen molar-refractivity contribution in [1.29, 1.82) is 0 Å². The number of unbranched alkanes of at least 4 members (excludes halogenated alkanes) is 3. The van der Waals surface area contributed by atoms with Crippen LogP contribution in [-0.2, 0) is 7.05 Å². The molecule has 2 rings (SSSR count). The summed E-state index contributed by atoms with van der Waals surface area (Å²) in [6.07, 6.45) is 6.30. The zero-order valence-electron chi connectivity index (χ0n) is 13.9. The molecule has 0 fully saturated rings. The summed E-state index contributed by atoms with van der Waals surface area (Å²) in [4.78, 5) is 4.75. The van der Waals surface area contributed by atoms with Crippen molar-refractivity contribution >= 4 is 22.8 Å². The Labute approximate surface area is 132 Å². The lowest BCUT2D eigenvalue weighted by Gasteiger charge is -2.18. The fraction of sp³-hybridized carbons (Fsp3) is 0.750. The van der Waals surface area contributed by atoms with Gasteiger partial charge in [0, 0.05) is 13.1 Å². The van der Waals surface area contributed by atoms with Gasteiger partial charge in [-0.05, 0) is 27.2 Å². The van der Waals surface area contributed by atoms with Gasteiger partial charge in [-0.3, -0.25) is 4.68 Å². The Morgan fingerprint density at radius 1 is 1.19 bits per heavy atom. The summed E-state index contributed by atoms with van der Waals surface area (Å²) in [6, 6.07) is 0.401. The van der Waals surface area contributed by atoms with E-state index in [4.69, 9.17) is 16.6 Å². The van der Waals surface area contributed by atoms with Gasteiger partial charge in [-0.25, -0.2) is 4.98 Å². The van der Waals surface area contributed by atoms with E-state index >= 15 is 0 Å². The molecular formula is C16H27ClN4. The van der Waals surface area contributed by atoms with Crippen LogP contribution >= 0.6 is 11.6 Å². The molecule has 0 N–H and O–H groups in total. The van der Waals surface area contributed by atoms with Crippen LogP contribution in [0, 0.1) is 6.92 Å². The van der Waals surface area contributed by atoms with Gasteiger partial charge >= 0.3 is 0 Å². The zero-order chi connectivity index (χ0) is 15.6. The van der Waals surface area contributed by atoms with Crippen LogP contribution < -0.4 is 0 Å². The van der Waals surface area contributed by atoms with Gasteiger partial charge < -0.3 is 4.57 Å². The maximum Gasteiger partial charge on any atom is 0.158 e. The number of fused-ring (bicyclic) bond motifs is 1. The Kier molecular flexibility index (Phi) is 5.31. The molecule has 2 aromatic heterocycles. The van der Waals surface area contributed by atoms with Crippen molar-refractivity contribution < 1.29 is 0 Å². The minimum atomic E-state index is -0.0881. The van der Waals surface area contributed by atoms with Gasteiger partial charge in [-0.15, -0.1) is 11.6 Å². The van der Waals surface area contributed by atoms with E-state index in [0.717, 1.165) is 29.1 Å². The van der Waals surface area contributed by atoms with Crippen LogP contribution in [0.5, 0.6) is 0 Å². The summed E-state index contributed by atoms with van der Waals surface area (Å²) < 4.78 is 4.22. The van der Waals surface area contributed by atoms with Crippen LogP contribution in [0.15, 0.2) is 0 Å². The molecule has 0 saturated heterocycles. The first-order valence-electron chi connectivity index (χ1n) is 8.02. The first kappa shape index (κ1) is 16.3. The zero-order valence-corrected chi connectivity index (χ0v) is 14.6. The van der Waals surface area contributed by atoms with Crippen molar-refractivity contribution in [2.75, 3.05) is 0 Å². The van der Waals surface area contributed by atoms with Crippen LogP contribution in [-0.4, -0.2) is 19.3 Å². The number of hydrogen-bond acceptors (Lipinski definition) is 2. The molecule has 5 heteroatoms. The van der Waals surface area contributed by atoms with Gasteiger partial charge in [0.25, 0.3) is 0 Å². The van der Waals surface area contributed by atoms with Crippen molar-refractivity contribution in [2.45, 2.75) is 71.2 Å². The highest BCUT2D eigenvalue weighted by Gasteiger charge is 2.23. The van der Waals surface area contributed by atoms with Crippen molar-refractivity contribution in [2.24, 2.45) is 7.05 Å². The van der Waals surface area contributed by atoms with E-state index in [9.17, 15) is 0 Å². The predicted molar refractivity (Wildman–Crippen MR) is 89.0 cm³/mol. The summed E-state index contributed by atoms with van der Waals surface area (Å²) in [5.41, 5.74) is 3.06. The predicted octanol–water partition coefficient (Wildman–Crippen LogP) is 4.91. The summed E-state index contributed by atoms with van der Waals surface area (Å²) in [5, 5.41) is 4.41. The van der Waals surface area contributed by atoms with Gasteiger partial charge in [-0.1, -0.05) is 32.6 Å². The van der Waals surface area contributed by atoms with Crippen molar-refractivity contribution in [3.63, 3.8) is 0 Å². The second kappa shape index (κ2) is 6.82. The largest absolute Gasteiger partial charge is 0.309 e. The Morgan fingerprint density at radius 3 is 2.52 bits per heavy atom. The minimum absolute atomic E-state index is 0.0881. The smallest absolute Gasteiger partial charge is 0.158 e. The van der Waals surface area contributed by atoms with Gasteiger partial charge in [0.1, 0.15) is 11.3 Å². The van der Waals surface area contributed by atoms with E-state index in [2.05, 4.69) is 23.5 Å². The molecule has 0 aromatic carbocycles. The van der Waals surface area contributed by atoms with Crippen LogP contribution in [0.3, 0.4) is 0 Å². The molecule has 0 aliphatic rings. The van der Waals surface area contributed by atoms with Crippen LogP contribution in [0.4, 0.5) is 0 Å². The lowest BCUT2D eigenvalue weighted by atomic mass is 10.1. The monoisotopic (exact) mass is 310 g/mol. The van der Waals surface area contributed by atoms with Crippen molar-refractivity contribution in [1.82, 2.24) is 19.3 Å². The first-order valence-corrected chi connectivity index (χ1v) is 8.46. The maximum absolute atomic E-state index is 6.36. The lowest BCUT2D eigenvalue weighted by molar-refractivity contribution is 0.461. The van der Waals surface area contributed by atoms with Gasteiger partial charge in [-0.2, -0.15) is 5.10 Å². The number of alkyl halides is 1. The fourth-order valence-electron chi connectivity index (χ4n) is 3.02. The molecule has 0 aliphatic heterocycles. The number of aryl methyl sites for hydroxylation is 2. The molecule has 0 aliphatic carbocycles. The molecule has 2 unspecified atom stereocenters. The average Bonchev–Trinajstić information content (AvgIpc) is 2.94. The Bertz CT molecular complexity index is 597. The Hall–Kier alpha value is -1.03. The molecule has 0 saturated carbocycles. The molecule has 0 amide bonds. The third kappa shape index (κ3) is 3.25. The Morgan fingerprint density at radius 2 is 1.90 bits per heavy atom. The Balaban J connectivity index is 2.33. The molecule has 118 valence electrons. The molecule has 4 nitrogen and oxygen atoms in total. The molecule has 0 spiro atoms. The maximum atomic E-state index is 6.36. The van der Waals surface area contributed by atoms with E-state index in [1.54, 1.807) is 0 Å². The summed E-state index contributed by atoms with van der Waals surface area (Å²) in [7, 11) is 1.99. The van der Waals surface area contributed by atoms with E-state index in [1.165, 1.54) is 25.7 Å². The molecule has 21 heavy (non-hydrogen) atoms. The fourth-order valence-corrected chi connectivity index (χ4v) is 3.18. The molecule has 0 radical (unpaired) electrons. The molecule has 2 heterocycles. The van der Waals surface area contributed by atoms with Crippen LogP contribution in [0.2, 0.25) is 0 Å². The second-order valence-corrected chi connectivity index (χ2v) is 6.69. The summed E-state index contributed by atoms with van der Waals surface area (Å²) in [5.74, 6) is 0.964. The van der Waals surface area contributed by atoms with E-state index in [1.807, 2.05) is 25.6 Å². The normalized spacial score (nSPS) is 14.8. The van der Waals surface area contributed by atoms with E-state index < -0.39 is 0 Å². The van der Waals surface area contributed by atoms with Crippen molar-refractivity contribution in [3.05, 3.63) is 11.5 Å². The number of aromatic nitrogens is 4. The number of hydrogen-bond donors (Lipinski definition) is 0. The summed E-state index contributed by atoms with van der Waals surface area (Å²) in [6.45, 7) is 8.51. The van der Waals surface area contributed by atoms with Crippen molar-refractivity contribution in [3.8, 4) is 0 Å². The molecular weight excluding hydrogens is 284 g/mol. The average molecular weight is 311 g/mol. The topological polar surface area (TPSA) is 35.6 Å². The first-order chi connectivity index (χ1) is 9.97. The third-order valence-corrected chi connectivity index (χ3v) is 4.33. The standard InChI is InChI=1S/C16H27ClN4/c1-6-7-8-9-10-11(2)21-15(12(3)17)18-14-13(4)19-20(5)16(14)21/h11-12H,6-10H2,1-5H3. The molecule has 0 bridgehead atoms. The SMILES string of the molecule is CCCCCCC(C)n1c(C(C)Cl)nc2c(C)nn(C)c21. The van der Waals surface area contributed by atoms with E-state index in [0.29, 0.717) is 6.04 Å². The quantitative estimate of drug-likeness (QED) is 0.538. The van der Waals surface area contributed by atoms with Gasteiger partial charge in [0.05, 0.1) is 11.1 Å². The van der Waals surface area contributed by atoms with Gasteiger partial charge in [0.15, 0.2) is 5.65 Å². The highest BCUT2D eigenvalue weighted by molar-refractivity contribution is 6.20. The number of nitrogens with zero attached hydrogens (tertiary/aromatic N) is 4. The van der Waals surface area contributed by atoms with Crippen LogP contribution in [0.1, 0.15) is 75.8 Å². The van der Waals surface area contributed by atoms with Crippen LogP contribution in [0.25, 0.3) is 11.2 Å². The minimum Gasteiger partial charge on any atom is -0.309 e. The highest BCUT2D eigenvalue weighted by Crippen LogP contribution is 2.31. The summed E-state index contributed by atoms with van der Waals surface area (Å²) >= 11 is 6.36. The lowest BCUT2D eigenvalue weighted by Crippen LogP contribution is -2.12.